The molecule has 2 N–H and O–H groups in total. The SMILES string of the molecule is CC[C@H]1[C@@H]2CC(=O)N([C@@H](CO)c3ccccc3)[C@H]1c1c([nH]c3ccccc13)C2=O. The third-order valence-electron chi connectivity index (χ3n) is 6.69. The van der Waals surface area contributed by atoms with Crippen LogP contribution < -0.4 is 0 Å². The first kappa shape index (κ1) is 18.1. The molecule has 0 unspecified atom stereocenters. The van der Waals surface area contributed by atoms with Crippen molar-refractivity contribution in [2.45, 2.75) is 31.8 Å². The molecule has 1 aliphatic carbocycles. The van der Waals surface area contributed by atoms with E-state index in [0.29, 0.717) is 5.69 Å². The fraction of sp³-hybridized carbons (Fsp3) is 0.333. The third-order valence-corrected chi connectivity index (χ3v) is 6.69. The van der Waals surface area contributed by atoms with Gasteiger partial charge in [0.2, 0.25) is 5.91 Å². The van der Waals surface area contributed by atoms with Crippen molar-refractivity contribution in [1.29, 1.82) is 0 Å². The Labute approximate surface area is 169 Å². The summed E-state index contributed by atoms with van der Waals surface area (Å²) in [5.41, 5.74) is 3.38. The number of aromatic nitrogens is 1. The molecular weight excluding hydrogens is 364 g/mol. The predicted molar refractivity (Wildman–Crippen MR) is 110 cm³/mol. The Bertz CT molecular complexity index is 1090. The number of H-pyrrole nitrogens is 1. The number of carbonyl (C=O) groups is 2. The van der Waals surface area contributed by atoms with Gasteiger partial charge in [0.25, 0.3) is 0 Å². The molecule has 2 bridgehead atoms. The van der Waals surface area contributed by atoms with Gasteiger partial charge >= 0.3 is 0 Å². The number of nitrogens with one attached hydrogen (secondary N) is 1. The minimum absolute atomic E-state index is 0.0460. The van der Waals surface area contributed by atoms with E-state index in [0.717, 1.165) is 28.5 Å². The van der Waals surface area contributed by atoms with Crippen molar-refractivity contribution in [3.63, 3.8) is 0 Å². The molecule has 1 saturated heterocycles. The second-order valence-electron chi connectivity index (χ2n) is 8.06. The fourth-order valence-electron chi connectivity index (χ4n) is 5.42. The highest BCUT2D eigenvalue weighted by atomic mass is 16.3. The van der Waals surface area contributed by atoms with Crippen molar-refractivity contribution in [2.75, 3.05) is 6.61 Å². The van der Waals surface area contributed by atoms with Crippen LogP contribution in [-0.2, 0) is 4.79 Å². The number of benzene rings is 2. The molecule has 1 aromatic heterocycles. The third kappa shape index (κ3) is 2.57. The lowest BCUT2D eigenvalue weighted by Crippen LogP contribution is -2.53. The van der Waals surface area contributed by atoms with Crippen LogP contribution in [0, 0.1) is 11.8 Å². The number of hydrogen-bond acceptors (Lipinski definition) is 3. The summed E-state index contributed by atoms with van der Waals surface area (Å²) in [7, 11) is 0. The molecule has 1 aliphatic heterocycles. The smallest absolute Gasteiger partial charge is 0.224 e. The maximum absolute atomic E-state index is 13.3. The van der Waals surface area contributed by atoms with Crippen LogP contribution in [-0.4, -0.2) is 33.3 Å². The first-order valence-corrected chi connectivity index (χ1v) is 10.3. The van der Waals surface area contributed by atoms with Crippen LogP contribution in [0.15, 0.2) is 54.6 Å². The Morgan fingerprint density at radius 2 is 1.83 bits per heavy atom. The van der Waals surface area contributed by atoms with Gasteiger partial charge in [-0.15, -0.1) is 0 Å². The zero-order valence-corrected chi connectivity index (χ0v) is 16.3. The van der Waals surface area contributed by atoms with Crippen molar-refractivity contribution >= 4 is 22.6 Å². The number of aliphatic hydroxyl groups is 1. The summed E-state index contributed by atoms with van der Waals surface area (Å²) in [4.78, 5) is 31.8. The first-order chi connectivity index (χ1) is 14.2. The Balaban J connectivity index is 1.74. The van der Waals surface area contributed by atoms with Crippen molar-refractivity contribution in [2.24, 2.45) is 11.8 Å². The van der Waals surface area contributed by atoms with Crippen molar-refractivity contribution in [3.05, 3.63) is 71.4 Å². The molecule has 4 atom stereocenters. The number of fused-ring (bicyclic) bond motifs is 6. The minimum Gasteiger partial charge on any atom is -0.394 e. The van der Waals surface area contributed by atoms with Crippen LogP contribution in [0.2, 0.25) is 0 Å². The zero-order valence-electron chi connectivity index (χ0n) is 16.3. The van der Waals surface area contributed by atoms with Crippen molar-refractivity contribution in [1.82, 2.24) is 9.88 Å². The summed E-state index contributed by atoms with van der Waals surface area (Å²) in [5, 5.41) is 11.3. The number of aliphatic hydroxyl groups excluding tert-OH is 1. The molecule has 5 rings (SSSR count). The van der Waals surface area contributed by atoms with Gasteiger partial charge in [0.05, 0.1) is 24.4 Å². The Morgan fingerprint density at radius 1 is 1.10 bits per heavy atom. The molecule has 2 heterocycles. The summed E-state index contributed by atoms with van der Waals surface area (Å²) in [5.74, 6) is -0.265. The number of aromatic amines is 1. The molecule has 0 radical (unpaired) electrons. The van der Waals surface area contributed by atoms with Crippen LogP contribution in [0.4, 0.5) is 0 Å². The van der Waals surface area contributed by atoms with Gasteiger partial charge in [-0.1, -0.05) is 61.9 Å². The van der Waals surface area contributed by atoms with Crippen LogP contribution in [0.5, 0.6) is 0 Å². The molecule has 148 valence electrons. The monoisotopic (exact) mass is 388 g/mol. The lowest BCUT2D eigenvalue weighted by molar-refractivity contribution is -0.147. The fourth-order valence-corrected chi connectivity index (χ4v) is 5.42. The van der Waals surface area contributed by atoms with E-state index in [1.807, 2.05) is 59.5 Å². The van der Waals surface area contributed by atoms with Gasteiger partial charge in [-0.3, -0.25) is 9.59 Å². The van der Waals surface area contributed by atoms with Crippen molar-refractivity contribution < 1.29 is 14.7 Å². The summed E-state index contributed by atoms with van der Waals surface area (Å²) in [6.45, 7) is 1.93. The molecule has 2 aromatic carbocycles. The summed E-state index contributed by atoms with van der Waals surface area (Å²) in [6.07, 6.45) is 1.00. The van der Waals surface area contributed by atoms with E-state index in [1.165, 1.54) is 0 Å². The number of nitrogens with zero attached hydrogens (tertiary/aromatic N) is 1. The van der Waals surface area contributed by atoms with E-state index in [2.05, 4.69) is 11.9 Å². The molecule has 5 nitrogen and oxygen atoms in total. The number of piperidine rings is 1. The maximum Gasteiger partial charge on any atom is 0.224 e. The Kier molecular flexibility index (Phi) is 4.28. The van der Waals surface area contributed by atoms with Gasteiger partial charge in [-0.25, -0.2) is 0 Å². The van der Waals surface area contributed by atoms with Gasteiger partial charge in [0, 0.05) is 28.8 Å². The molecule has 1 amide bonds. The number of ketones is 1. The van der Waals surface area contributed by atoms with E-state index in [-0.39, 0.29) is 42.6 Å². The molecule has 0 saturated carbocycles. The van der Waals surface area contributed by atoms with Gasteiger partial charge < -0.3 is 15.0 Å². The quantitative estimate of drug-likeness (QED) is 0.709. The van der Waals surface area contributed by atoms with E-state index < -0.39 is 6.04 Å². The molecule has 1 fully saturated rings. The largest absolute Gasteiger partial charge is 0.394 e. The van der Waals surface area contributed by atoms with Crippen molar-refractivity contribution in [3.8, 4) is 0 Å². The topological polar surface area (TPSA) is 73.4 Å². The van der Waals surface area contributed by atoms with Crippen LogP contribution in [0.25, 0.3) is 10.9 Å². The summed E-state index contributed by atoms with van der Waals surface area (Å²) in [6, 6.07) is 16.9. The molecular formula is C24H24N2O3. The number of amides is 1. The standard InChI is InChI=1S/C24H24N2O3/c1-2-15-17-12-20(28)26(19(13-27)14-8-4-3-5-9-14)23(15)21-16-10-6-7-11-18(16)25-22(21)24(17)29/h3-11,15,17,19,23,25,27H,2,12-13H2,1H3/t15-,17-,19-,23+/m0/s1. The van der Waals surface area contributed by atoms with Crippen LogP contribution in [0.1, 0.15) is 53.5 Å². The number of Topliss-reactive ketones (excluding diaryl/α,β-unsaturated/α-hetero) is 1. The number of rotatable bonds is 4. The highest BCUT2D eigenvalue weighted by Crippen LogP contribution is 2.52. The highest BCUT2D eigenvalue weighted by Gasteiger charge is 2.52. The second kappa shape index (κ2) is 6.85. The lowest BCUT2D eigenvalue weighted by Gasteiger charge is -2.50. The highest BCUT2D eigenvalue weighted by molar-refractivity contribution is 6.07. The average Bonchev–Trinajstić information content (AvgIpc) is 3.14. The molecule has 0 spiro atoms. The summed E-state index contributed by atoms with van der Waals surface area (Å²) < 4.78 is 0. The average molecular weight is 388 g/mol. The maximum atomic E-state index is 13.3. The minimum atomic E-state index is -0.432. The molecule has 29 heavy (non-hydrogen) atoms. The zero-order chi connectivity index (χ0) is 20.1. The van der Waals surface area contributed by atoms with Gasteiger partial charge in [0.15, 0.2) is 5.78 Å². The van der Waals surface area contributed by atoms with Gasteiger partial charge in [-0.2, -0.15) is 0 Å². The second-order valence-corrected chi connectivity index (χ2v) is 8.06. The van der Waals surface area contributed by atoms with Crippen LogP contribution >= 0.6 is 0 Å². The first-order valence-electron chi connectivity index (χ1n) is 10.3. The number of likely N-dealkylation sites (tertiary alicyclic amines) is 1. The summed E-state index contributed by atoms with van der Waals surface area (Å²) >= 11 is 0. The number of hydrogen-bond donors (Lipinski definition) is 2. The number of carbonyl (C=O) groups excluding carboxylic acids is 2. The number of para-hydroxylation sites is 1. The van der Waals surface area contributed by atoms with E-state index in [4.69, 9.17) is 0 Å². The molecule has 3 aromatic rings. The van der Waals surface area contributed by atoms with E-state index in [9.17, 15) is 14.7 Å². The predicted octanol–water partition coefficient (Wildman–Crippen LogP) is 4.01. The Morgan fingerprint density at radius 3 is 2.55 bits per heavy atom. The van der Waals surface area contributed by atoms with Gasteiger partial charge in [0.1, 0.15) is 0 Å². The van der Waals surface area contributed by atoms with E-state index >= 15 is 0 Å². The van der Waals surface area contributed by atoms with Crippen LogP contribution in [0.3, 0.4) is 0 Å². The molecule has 5 heteroatoms. The normalized spacial score (nSPS) is 24.6. The van der Waals surface area contributed by atoms with E-state index in [1.54, 1.807) is 0 Å². The lowest BCUT2D eigenvalue weighted by atomic mass is 9.67. The van der Waals surface area contributed by atoms with Gasteiger partial charge in [-0.05, 0) is 17.5 Å². The Hall–Kier alpha value is -2.92. The molecule has 2 aliphatic rings.